The van der Waals surface area contributed by atoms with Crippen molar-refractivity contribution in [1.29, 1.82) is 0 Å². The Balaban J connectivity index is 1.94. The van der Waals surface area contributed by atoms with Crippen LogP contribution in [-0.4, -0.2) is 6.54 Å². The van der Waals surface area contributed by atoms with Crippen LogP contribution in [0.3, 0.4) is 0 Å². The van der Waals surface area contributed by atoms with Gasteiger partial charge in [0.2, 0.25) is 0 Å². The number of fused-ring (bicyclic) bond motifs is 1. The molecule has 1 unspecified atom stereocenters. The van der Waals surface area contributed by atoms with Gasteiger partial charge in [0.15, 0.2) is 0 Å². The molecule has 1 N–H and O–H groups in total. The van der Waals surface area contributed by atoms with E-state index in [9.17, 15) is 0 Å². The molecule has 0 fully saturated rings. The second-order valence-corrected chi connectivity index (χ2v) is 5.56. The van der Waals surface area contributed by atoms with Gasteiger partial charge in [-0.3, -0.25) is 0 Å². The third kappa shape index (κ3) is 2.80. The Labute approximate surface area is 120 Å². The van der Waals surface area contributed by atoms with Crippen LogP contribution in [0.25, 0.3) is 11.0 Å². The maximum atomic E-state index is 6.07. The van der Waals surface area contributed by atoms with Crippen LogP contribution in [0.1, 0.15) is 50.8 Å². The molecule has 0 amide bonds. The lowest BCUT2D eigenvalue weighted by molar-refractivity contribution is 0.463. The van der Waals surface area contributed by atoms with Crippen LogP contribution in [0.5, 0.6) is 0 Å². The molecule has 0 radical (unpaired) electrons. The molecule has 1 aromatic heterocycles. The SMILES string of the molecule is CCNC(C1=CCCCCC1)c1cc2ccccc2o1. The zero-order valence-corrected chi connectivity index (χ0v) is 12.2. The number of furan rings is 1. The molecule has 2 heteroatoms. The normalized spacial score (nSPS) is 17.8. The van der Waals surface area contributed by atoms with Gasteiger partial charge in [-0.1, -0.05) is 37.6 Å². The first-order valence-corrected chi connectivity index (χ1v) is 7.79. The minimum Gasteiger partial charge on any atom is -0.459 e. The van der Waals surface area contributed by atoms with E-state index in [4.69, 9.17) is 4.42 Å². The van der Waals surface area contributed by atoms with E-state index in [-0.39, 0.29) is 6.04 Å². The van der Waals surface area contributed by atoms with Crippen LogP contribution in [0.2, 0.25) is 0 Å². The third-order valence-corrected chi connectivity index (χ3v) is 4.08. The minimum atomic E-state index is 0.241. The molecule has 0 saturated heterocycles. The molecule has 2 nitrogen and oxygen atoms in total. The highest BCUT2D eigenvalue weighted by Crippen LogP contribution is 2.32. The van der Waals surface area contributed by atoms with Crippen LogP contribution in [0.4, 0.5) is 0 Å². The Morgan fingerprint density at radius 2 is 2.10 bits per heavy atom. The molecule has 0 saturated carbocycles. The molecular formula is C18H23NO. The lowest BCUT2D eigenvalue weighted by atomic mass is 9.99. The first-order valence-electron chi connectivity index (χ1n) is 7.79. The van der Waals surface area contributed by atoms with Gasteiger partial charge in [-0.25, -0.2) is 0 Å². The topological polar surface area (TPSA) is 25.2 Å². The number of benzene rings is 1. The van der Waals surface area contributed by atoms with Gasteiger partial charge in [0.25, 0.3) is 0 Å². The molecule has 0 aliphatic heterocycles. The fraction of sp³-hybridized carbons (Fsp3) is 0.444. The summed E-state index contributed by atoms with van der Waals surface area (Å²) in [5, 5.41) is 4.79. The number of hydrogen-bond acceptors (Lipinski definition) is 2. The summed E-state index contributed by atoms with van der Waals surface area (Å²) >= 11 is 0. The monoisotopic (exact) mass is 269 g/mol. The van der Waals surface area contributed by atoms with Gasteiger partial charge < -0.3 is 9.73 Å². The van der Waals surface area contributed by atoms with Crippen LogP contribution in [0.15, 0.2) is 46.4 Å². The number of nitrogens with one attached hydrogen (secondary N) is 1. The number of rotatable bonds is 4. The summed E-state index contributed by atoms with van der Waals surface area (Å²) in [6.07, 6.45) is 8.79. The molecule has 2 aromatic rings. The van der Waals surface area contributed by atoms with E-state index in [1.165, 1.54) is 43.1 Å². The summed E-state index contributed by atoms with van der Waals surface area (Å²) in [5.74, 6) is 1.06. The summed E-state index contributed by atoms with van der Waals surface area (Å²) in [7, 11) is 0. The Morgan fingerprint density at radius 1 is 1.20 bits per heavy atom. The van der Waals surface area contributed by atoms with Gasteiger partial charge in [-0.15, -0.1) is 0 Å². The average molecular weight is 269 g/mol. The van der Waals surface area contributed by atoms with Crippen molar-refractivity contribution in [1.82, 2.24) is 5.32 Å². The molecule has 1 heterocycles. The molecule has 1 aliphatic rings. The second kappa shape index (κ2) is 6.27. The van der Waals surface area contributed by atoms with Crippen molar-refractivity contribution in [2.75, 3.05) is 6.54 Å². The highest BCUT2D eigenvalue weighted by Gasteiger charge is 2.20. The van der Waals surface area contributed by atoms with Gasteiger partial charge in [0.1, 0.15) is 11.3 Å². The number of likely N-dealkylation sites (N-methyl/N-ethyl adjacent to an activating group) is 1. The molecule has 1 atom stereocenters. The first kappa shape index (κ1) is 13.4. The lowest BCUT2D eigenvalue weighted by Crippen LogP contribution is -2.22. The largest absolute Gasteiger partial charge is 0.459 e. The number of para-hydroxylation sites is 1. The van der Waals surface area contributed by atoms with E-state index in [1.807, 2.05) is 12.1 Å². The van der Waals surface area contributed by atoms with Crippen molar-refractivity contribution < 1.29 is 4.42 Å². The Hall–Kier alpha value is -1.54. The summed E-state index contributed by atoms with van der Waals surface area (Å²) < 4.78 is 6.07. The maximum absolute atomic E-state index is 6.07. The van der Waals surface area contributed by atoms with E-state index < -0.39 is 0 Å². The lowest BCUT2D eigenvalue weighted by Gasteiger charge is -2.18. The summed E-state index contributed by atoms with van der Waals surface area (Å²) in [6, 6.07) is 10.7. The summed E-state index contributed by atoms with van der Waals surface area (Å²) in [5.41, 5.74) is 2.49. The van der Waals surface area contributed by atoms with E-state index in [0.717, 1.165) is 17.9 Å². The summed E-state index contributed by atoms with van der Waals surface area (Å²) in [6.45, 7) is 3.12. The third-order valence-electron chi connectivity index (χ3n) is 4.08. The van der Waals surface area contributed by atoms with E-state index >= 15 is 0 Å². The van der Waals surface area contributed by atoms with E-state index in [1.54, 1.807) is 0 Å². The molecule has 1 aromatic carbocycles. The molecule has 106 valence electrons. The molecule has 0 spiro atoms. The predicted octanol–water partition coefficient (Wildman–Crippen LogP) is 4.97. The second-order valence-electron chi connectivity index (χ2n) is 5.56. The molecule has 3 rings (SSSR count). The minimum absolute atomic E-state index is 0.241. The van der Waals surface area contributed by atoms with Crippen molar-refractivity contribution in [3.8, 4) is 0 Å². The van der Waals surface area contributed by atoms with Gasteiger partial charge in [0, 0.05) is 5.39 Å². The van der Waals surface area contributed by atoms with Crippen molar-refractivity contribution in [3.05, 3.63) is 47.7 Å². The van der Waals surface area contributed by atoms with E-state index in [2.05, 4.69) is 36.5 Å². The quantitative estimate of drug-likeness (QED) is 0.792. The maximum Gasteiger partial charge on any atom is 0.134 e. The zero-order chi connectivity index (χ0) is 13.8. The molecule has 20 heavy (non-hydrogen) atoms. The Morgan fingerprint density at radius 3 is 2.95 bits per heavy atom. The number of allylic oxidation sites excluding steroid dienone is 1. The highest BCUT2D eigenvalue weighted by molar-refractivity contribution is 5.77. The van der Waals surface area contributed by atoms with Crippen molar-refractivity contribution >= 4 is 11.0 Å². The highest BCUT2D eigenvalue weighted by atomic mass is 16.3. The smallest absolute Gasteiger partial charge is 0.134 e. The molecule has 1 aliphatic carbocycles. The van der Waals surface area contributed by atoms with Crippen LogP contribution in [-0.2, 0) is 0 Å². The van der Waals surface area contributed by atoms with Crippen LogP contribution in [0, 0.1) is 0 Å². The fourth-order valence-electron chi connectivity index (χ4n) is 3.07. The Kier molecular flexibility index (Phi) is 4.22. The zero-order valence-electron chi connectivity index (χ0n) is 12.2. The van der Waals surface area contributed by atoms with Crippen molar-refractivity contribution in [2.45, 2.75) is 45.1 Å². The van der Waals surface area contributed by atoms with Crippen LogP contribution < -0.4 is 5.32 Å². The number of hydrogen-bond donors (Lipinski definition) is 1. The van der Waals surface area contributed by atoms with Gasteiger partial charge in [-0.05, 0) is 49.9 Å². The predicted molar refractivity (Wildman–Crippen MR) is 83.8 cm³/mol. The molecular weight excluding hydrogens is 246 g/mol. The summed E-state index contributed by atoms with van der Waals surface area (Å²) in [4.78, 5) is 0. The Bertz CT molecular complexity index is 563. The van der Waals surface area contributed by atoms with Gasteiger partial charge in [-0.2, -0.15) is 0 Å². The van der Waals surface area contributed by atoms with Crippen molar-refractivity contribution in [2.24, 2.45) is 0 Å². The first-order chi connectivity index (χ1) is 9.88. The standard InChI is InChI=1S/C18H23NO/c1-2-19-18(14-9-5-3-4-6-10-14)17-13-15-11-7-8-12-16(15)20-17/h7-9,11-13,18-19H,2-6,10H2,1H3. The van der Waals surface area contributed by atoms with Gasteiger partial charge >= 0.3 is 0 Å². The fourth-order valence-corrected chi connectivity index (χ4v) is 3.07. The van der Waals surface area contributed by atoms with Crippen LogP contribution >= 0.6 is 0 Å². The van der Waals surface area contributed by atoms with Gasteiger partial charge in [0.05, 0.1) is 6.04 Å². The van der Waals surface area contributed by atoms with Crippen molar-refractivity contribution in [3.63, 3.8) is 0 Å². The van der Waals surface area contributed by atoms with E-state index in [0.29, 0.717) is 0 Å². The average Bonchev–Trinajstić information content (AvgIpc) is 2.71. The molecule has 0 bridgehead atoms.